The quantitative estimate of drug-likeness (QED) is 0.582. The normalized spacial score (nSPS) is 11.7. The maximum Gasteiger partial charge on any atom is 0.312 e. The predicted molar refractivity (Wildman–Crippen MR) is 66.8 cm³/mol. The first kappa shape index (κ1) is 14.8. The summed E-state index contributed by atoms with van der Waals surface area (Å²) < 4.78 is 4.78. The molecule has 0 spiro atoms. The van der Waals surface area contributed by atoms with Crippen molar-refractivity contribution in [1.82, 2.24) is 4.98 Å². The van der Waals surface area contributed by atoms with Crippen LogP contribution in [0, 0.1) is 21.4 Å². The molecule has 1 heterocycles. The van der Waals surface area contributed by atoms with Gasteiger partial charge in [-0.1, -0.05) is 0 Å². The van der Waals surface area contributed by atoms with Crippen LogP contribution in [0.1, 0.15) is 5.56 Å². The van der Waals surface area contributed by atoms with Crippen molar-refractivity contribution in [2.24, 2.45) is 0 Å². The molecule has 19 heavy (non-hydrogen) atoms. The molecule has 102 valence electrons. The SMILES string of the molecule is COCC(O)CN(C)c1ncc(C#N)cc1[N+](=O)[O-]. The zero-order valence-corrected chi connectivity index (χ0v) is 10.6. The number of anilines is 1. The summed E-state index contributed by atoms with van der Waals surface area (Å²) in [6.45, 7) is 0.252. The smallest absolute Gasteiger partial charge is 0.312 e. The number of ether oxygens (including phenoxy) is 1. The molecule has 0 aliphatic heterocycles. The Morgan fingerprint density at radius 2 is 2.42 bits per heavy atom. The zero-order valence-electron chi connectivity index (χ0n) is 10.6. The second kappa shape index (κ2) is 6.63. The molecule has 1 N–H and O–H groups in total. The van der Waals surface area contributed by atoms with Crippen LogP contribution in [-0.2, 0) is 4.74 Å². The maximum absolute atomic E-state index is 10.9. The molecule has 1 rings (SSSR count). The number of rotatable bonds is 6. The number of nitro groups is 1. The van der Waals surface area contributed by atoms with Crippen molar-refractivity contribution < 1.29 is 14.8 Å². The average molecular weight is 266 g/mol. The van der Waals surface area contributed by atoms with Gasteiger partial charge < -0.3 is 14.7 Å². The maximum atomic E-state index is 10.9. The second-order valence-corrected chi connectivity index (χ2v) is 3.93. The summed E-state index contributed by atoms with van der Waals surface area (Å²) in [5.41, 5.74) is -0.160. The summed E-state index contributed by atoms with van der Waals surface area (Å²) in [7, 11) is 3.02. The molecule has 1 unspecified atom stereocenters. The Morgan fingerprint density at radius 1 is 1.74 bits per heavy atom. The minimum Gasteiger partial charge on any atom is -0.389 e. The molecule has 1 aromatic heterocycles. The van der Waals surface area contributed by atoms with Crippen LogP contribution >= 0.6 is 0 Å². The number of aliphatic hydroxyl groups excluding tert-OH is 1. The van der Waals surface area contributed by atoms with Gasteiger partial charge in [-0.3, -0.25) is 10.1 Å². The van der Waals surface area contributed by atoms with Gasteiger partial charge in [-0.15, -0.1) is 0 Å². The van der Waals surface area contributed by atoms with Gasteiger partial charge in [-0.2, -0.15) is 5.26 Å². The minimum absolute atomic E-state index is 0.0964. The minimum atomic E-state index is -0.785. The summed E-state index contributed by atoms with van der Waals surface area (Å²) >= 11 is 0. The number of nitrogens with zero attached hydrogens (tertiary/aromatic N) is 4. The van der Waals surface area contributed by atoms with Crippen molar-refractivity contribution in [2.45, 2.75) is 6.10 Å². The lowest BCUT2D eigenvalue weighted by Gasteiger charge is -2.21. The third kappa shape index (κ3) is 3.87. The molecule has 8 nitrogen and oxygen atoms in total. The van der Waals surface area contributed by atoms with Gasteiger partial charge in [0, 0.05) is 33.0 Å². The molecule has 0 saturated carbocycles. The van der Waals surface area contributed by atoms with Gasteiger partial charge >= 0.3 is 5.69 Å². The van der Waals surface area contributed by atoms with Crippen LogP contribution in [0.2, 0.25) is 0 Å². The van der Waals surface area contributed by atoms with Crippen molar-refractivity contribution in [3.05, 3.63) is 27.9 Å². The van der Waals surface area contributed by atoms with Crippen molar-refractivity contribution >= 4 is 11.5 Å². The highest BCUT2D eigenvalue weighted by Gasteiger charge is 2.21. The lowest BCUT2D eigenvalue weighted by molar-refractivity contribution is -0.384. The van der Waals surface area contributed by atoms with E-state index in [0.29, 0.717) is 0 Å². The number of pyridine rings is 1. The molecule has 1 aromatic rings. The van der Waals surface area contributed by atoms with Gasteiger partial charge in [-0.25, -0.2) is 4.98 Å². The van der Waals surface area contributed by atoms with Crippen LogP contribution < -0.4 is 4.90 Å². The lowest BCUT2D eigenvalue weighted by Crippen LogP contribution is -2.32. The van der Waals surface area contributed by atoms with Crippen molar-refractivity contribution in [1.29, 1.82) is 5.26 Å². The van der Waals surface area contributed by atoms with Crippen LogP contribution in [0.3, 0.4) is 0 Å². The summed E-state index contributed by atoms with van der Waals surface area (Å²) in [6, 6.07) is 2.95. The van der Waals surface area contributed by atoms with Gasteiger partial charge in [0.05, 0.1) is 23.2 Å². The van der Waals surface area contributed by atoms with E-state index in [0.717, 1.165) is 6.07 Å². The third-order valence-electron chi connectivity index (χ3n) is 2.38. The molecule has 0 radical (unpaired) electrons. The highest BCUT2D eigenvalue weighted by atomic mass is 16.6. The van der Waals surface area contributed by atoms with E-state index in [-0.39, 0.29) is 30.2 Å². The number of likely N-dealkylation sites (N-methyl/N-ethyl adjacent to an activating group) is 1. The number of hydrogen-bond donors (Lipinski definition) is 1. The molecular formula is C11H14N4O4. The van der Waals surface area contributed by atoms with Gasteiger partial charge in [-0.05, 0) is 0 Å². The van der Waals surface area contributed by atoms with E-state index in [1.807, 2.05) is 0 Å². The Kier molecular flexibility index (Phi) is 5.17. The second-order valence-electron chi connectivity index (χ2n) is 3.93. The molecule has 0 bridgehead atoms. The fourth-order valence-corrected chi connectivity index (χ4v) is 1.58. The van der Waals surface area contributed by atoms with E-state index in [1.165, 1.54) is 18.2 Å². The Bertz CT molecular complexity index is 500. The van der Waals surface area contributed by atoms with E-state index in [9.17, 15) is 15.2 Å². The third-order valence-corrected chi connectivity index (χ3v) is 2.38. The van der Waals surface area contributed by atoms with Crippen LogP contribution in [0.15, 0.2) is 12.3 Å². The Morgan fingerprint density at radius 3 is 2.95 bits per heavy atom. The van der Waals surface area contributed by atoms with Gasteiger partial charge in [0.15, 0.2) is 0 Å². The van der Waals surface area contributed by atoms with Crippen LogP contribution in [0.25, 0.3) is 0 Å². The standard InChI is InChI=1S/C11H14N4O4/c1-14(6-9(16)7-19-2)11-10(15(17)18)3-8(4-12)5-13-11/h3,5,9,16H,6-7H2,1-2H3. The number of aromatic nitrogens is 1. The average Bonchev–Trinajstić information content (AvgIpc) is 2.38. The first-order valence-corrected chi connectivity index (χ1v) is 5.42. The van der Waals surface area contributed by atoms with E-state index >= 15 is 0 Å². The fraction of sp³-hybridized carbons (Fsp3) is 0.455. The molecule has 0 aliphatic carbocycles. The van der Waals surface area contributed by atoms with Crippen LogP contribution in [-0.4, -0.2) is 48.4 Å². The topological polar surface area (TPSA) is 113 Å². The Labute approximate surface area is 110 Å². The number of methoxy groups -OCH3 is 1. The predicted octanol–water partition coefficient (Wildman–Crippen LogP) is 0.305. The molecule has 8 heteroatoms. The number of nitriles is 1. The molecule has 0 aromatic carbocycles. The Balaban J connectivity index is 2.99. The van der Waals surface area contributed by atoms with Gasteiger partial charge in [0.2, 0.25) is 5.82 Å². The van der Waals surface area contributed by atoms with Crippen molar-refractivity contribution in [3.63, 3.8) is 0 Å². The van der Waals surface area contributed by atoms with Gasteiger partial charge in [0.1, 0.15) is 6.07 Å². The number of hydrogen-bond acceptors (Lipinski definition) is 7. The van der Waals surface area contributed by atoms with E-state index in [1.54, 1.807) is 13.1 Å². The Hall–Kier alpha value is -2.24. The summed E-state index contributed by atoms with van der Waals surface area (Å²) in [4.78, 5) is 15.7. The van der Waals surface area contributed by atoms with E-state index in [2.05, 4.69) is 4.98 Å². The summed E-state index contributed by atoms with van der Waals surface area (Å²) in [6.07, 6.45) is 0.466. The summed E-state index contributed by atoms with van der Waals surface area (Å²) in [5, 5.41) is 29.2. The molecule has 0 saturated heterocycles. The van der Waals surface area contributed by atoms with Gasteiger partial charge in [0.25, 0.3) is 0 Å². The molecule has 1 atom stereocenters. The molecule has 0 aliphatic rings. The summed E-state index contributed by atoms with van der Waals surface area (Å²) in [5.74, 6) is 0.0964. The lowest BCUT2D eigenvalue weighted by atomic mass is 10.2. The monoisotopic (exact) mass is 266 g/mol. The zero-order chi connectivity index (χ0) is 14.4. The largest absolute Gasteiger partial charge is 0.389 e. The number of aliphatic hydroxyl groups is 1. The highest BCUT2D eigenvalue weighted by Crippen LogP contribution is 2.25. The fourth-order valence-electron chi connectivity index (χ4n) is 1.58. The van der Waals surface area contributed by atoms with Crippen molar-refractivity contribution in [2.75, 3.05) is 32.2 Å². The molecule has 0 amide bonds. The van der Waals surface area contributed by atoms with Crippen LogP contribution in [0.4, 0.5) is 11.5 Å². The molecular weight excluding hydrogens is 252 g/mol. The molecule has 0 fully saturated rings. The van der Waals surface area contributed by atoms with Crippen LogP contribution in [0.5, 0.6) is 0 Å². The highest BCUT2D eigenvalue weighted by molar-refractivity contribution is 5.59. The first-order chi connectivity index (χ1) is 8.99. The van der Waals surface area contributed by atoms with Crippen molar-refractivity contribution in [3.8, 4) is 6.07 Å². The van der Waals surface area contributed by atoms with E-state index < -0.39 is 11.0 Å². The first-order valence-electron chi connectivity index (χ1n) is 5.42. The van der Waals surface area contributed by atoms with E-state index in [4.69, 9.17) is 10.00 Å².